The van der Waals surface area contributed by atoms with Gasteiger partial charge in [-0.2, -0.15) is 0 Å². The van der Waals surface area contributed by atoms with E-state index in [1.807, 2.05) is 6.20 Å². The van der Waals surface area contributed by atoms with Crippen LogP contribution in [0, 0.1) is 0 Å². The van der Waals surface area contributed by atoms with E-state index in [0.717, 1.165) is 6.42 Å². The SMILES string of the molecule is CCc1cc(N2CCCC2)ccn1. The molecule has 0 unspecified atom stereocenters. The first-order chi connectivity index (χ1) is 6.40. The fourth-order valence-electron chi connectivity index (χ4n) is 1.83. The first kappa shape index (κ1) is 8.54. The smallest absolute Gasteiger partial charge is 0.0421 e. The van der Waals surface area contributed by atoms with Gasteiger partial charge in [0, 0.05) is 30.7 Å². The van der Waals surface area contributed by atoms with Crippen molar-refractivity contribution in [3.63, 3.8) is 0 Å². The van der Waals surface area contributed by atoms with Crippen LogP contribution in [0.1, 0.15) is 25.5 Å². The minimum atomic E-state index is 1.03. The molecule has 0 aliphatic carbocycles. The summed E-state index contributed by atoms with van der Waals surface area (Å²) in [6.45, 7) is 4.58. The predicted octanol–water partition coefficient (Wildman–Crippen LogP) is 2.24. The number of pyridine rings is 1. The maximum Gasteiger partial charge on any atom is 0.0421 e. The van der Waals surface area contributed by atoms with E-state index in [4.69, 9.17) is 0 Å². The molecule has 0 amide bonds. The summed E-state index contributed by atoms with van der Waals surface area (Å²) in [5.41, 5.74) is 2.55. The van der Waals surface area contributed by atoms with Crippen LogP contribution in [0.2, 0.25) is 0 Å². The highest BCUT2D eigenvalue weighted by Gasteiger charge is 2.11. The Morgan fingerprint density at radius 1 is 1.38 bits per heavy atom. The number of rotatable bonds is 2. The summed E-state index contributed by atoms with van der Waals surface area (Å²) in [6.07, 6.45) is 5.63. The summed E-state index contributed by atoms with van der Waals surface area (Å²) in [4.78, 5) is 6.75. The molecule has 2 heteroatoms. The number of hydrogen-bond donors (Lipinski definition) is 0. The fourth-order valence-corrected chi connectivity index (χ4v) is 1.83. The van der Waals surface area contributed by atoms with Gasteiger partial charge in [-0.15, -0.1) is 0 Å². The van der Waals surface area contributed by atoms with Crippen LogP contribution in [-0.4, -0.2) is 18.1 Å². The summed E-state index contributed by atoms with van der Waals surface area (Å²) < 4.78 is 0. The van der Waals surface area contributed by atoms with Crippen molar-refractivity contribution in [1.29, 1.82) is 0 Å². The molecule has 1 aromatic rings. The average molecular weight is 176 g/mol. The van der Waals surface area contributed by atoms with Gasteiger partial charge < -0.3 is 4.90 Å². The summed E-state index contributed by atoms with van der Waals surface area (Å²) in [5.74, 6) is 0. The van der Waals surface area contributed by atoms with Crippen molar-refractivity contribution in [2.75, 3.05) is 18.0 Å². The van der Waals surface area contributed by atoms with Crippen LogP contribution < -0.4 is 4.90 Å². The molecular formula is C11H16N2. The molecule has 1 aliphatic heterocycles. The van der Waals surface area contributed by atoms with Crippen LogP contribution in [0.5, 0.6) is 0 Å². The second kappa shape index (κ2) is 3.77. The van der Waals surface area contributed by atoms with Crippen molar-refractivity contribution in [3.05, 3.63) is 24.0 Å². The van der Waals surface area contributed by atoms with E-state index in [9.17, 15) is 0 Å². The molecule has 0 aromatic carbocycles. The highest BCUT2D eigenvalue weighted by atomic mass is 15.1. The lowest BCUT2D eigenvalue weighted by Crippen LogP contribution is -2.17. The lowest BCUT2D eigenvalue weighted by molar-refractivity contribution is 0.949. The topological polar surface area (TPSA) is 16.1 Å². The standard InChI is InChI=1S/C11H16N2/c1-2-10-9-11(5-6-12-10)13-7-3-4-8-13/h5-6,9H,2-4,7-8H2,1H3. The van der Waals surface area contributed by atoms with E-state index >= 15 is 0 Å². The van der Waals surface area contributed by atoms with Crippen molar-refractivity contribution in [2.24, 2.45) is 0 Å². The van der Waals surface area contributed by atoms with Crippen molar-refractivity contribution in [1.82, 2.24) is 4.98 Å². The summed E-state index contributed by atoms with van der Waals surface area (Å²) in [6, 6.07) is 4.33. The molecule has 13 heavy (non-hydrogen) atoms. The Bertz CT molecular complexity index is 277. The molecule has 0 N–H and O–H groups in total. The Labute approximate surface area is 79.6 Å². The van der Waals surface area contributed by atoms with Gasteiger partial charge >= 0.3 is 0 Å². The van der Waals surface area contributed by atoms with Crippen LogP contribution in [0.15, 0.2) is 18.3 Å². The van der Waals surface area contributed by atoms with Gasteiger partial charge in [0.2, 0.25) is 0 Å². The summed E-state index contributed by atoms with van der Waals surface area (Å²) in [7, 11) is 0. The third-order valence-corrected chi connectivity index (χ3v) is 2.63. The molecule has 0 saturated carbocycles. The molecule has 1 aliphatic rings. The molecule has 1 fully saturated rings. The minimum absolute atomic E-state index is 1.03. The van der Waals surface area contributed by atoms with Crippen LogP contribution in [0.4, 0.5) is 5.69 Å². The van der Waals surface area contributed by atoms with Gasteiger partial charge in [0.05, 0.1) is 0 Å². The molecule has 1 aromatic heterocycles. The predicted molar refractivity (Wildman–Crippen MR) is 55.1 cm³/mol. The second-order valence-electron chi connectivity index (χ2n) is 3.55. The summed E-state index contributed by atoms with van der Waals surface area (Å²) in [5, 5.41) is 0. The molecule has 0 radical (unpaired) electrons. The molecule has 0 atom stereocenters. The zero-order valence-corrected chi connectivity index (χ0v) is 8.16. The van der Waals surface area contributed by atoms with Crippen LogP contribution in [0.3, 0.4) is 0 Å². The third kappa shape index (κ3) is 1.82. The number of hydrogen-bond acceptors (Lipinski definition) is 2. The largest absolute Gasteiger partial charge is 0.371 e. The number of aromatic nitrogens is 1. The van der Waals surface area contributed by atoms with E-state index in [1.165, 1.54) is 37.3 Å². The van der Waals surface area contributed by atoms with Crippen molar-refractivity contribution < 1.29 is 0 Å². The van der Waals surface area contributed by atoms with Gasteiger partial charge in [-0.05, 0) is 31.4 Å². The second-order valence-corrected chi connectivity index (χ2v) is 3.55. The van der Waals surface area contributed by atoms with Gasteiger partial charge in [-0.1, -0.05) is 6.92 Å². The Balaban J connectivity index is 2.18. The van der Waals surface area contributed by atoms with Crippen LogP contribution >= 0.6 is 0 Å². The van der Waals surface area contributed by atoms with E-state index in [-0.39, 0.29) is 0 Å². The molecule has 1 saturated heterocycles. The molecule has 0 spiro atoms. The van der Waals surface area contributed by atoms with E-state index in [2.05, 4.69) is 28.9 Å². The maximum absolute atomic E-state index is 4.30. The Hall–Kier alpha value is -1.05. The monoisotopic (exact) mass is 176 g/mol. The van der Waals surface area contributed by atoms with Gasteiger partial charge in [-0.25, -0.2) is 0 Å². The molecule has 2 heterocycles. The molecule has 70 valence electrons. The fraction of sp³-hybridized carbons (Fsp3) is 0.545. The lowest BCUT2D eigenvalue weighted by Gasteiger charge is -2.17. The van der Waals surface area contributed by atoms with Crippen molar-refractivity contribution >= 4 is 5.69 Å². The molecule has 2 rings (SSSR count). The van der Waals surface area contributed by atoms with Crippen molar-refractivity contribution in [2.45, 2.75) is 26.2 Å². The van der Waals surface area contributed by atoms with E-state index < -0.39 is 0 Å². The first-order valence-electron chi connectivity index (χ1n) is 5.10. The van der Waals surface area contributed by atoms with Crippen LogP contribution in [0.25, 0.3) is 0 Å². The number of aryl methyl sites for hydroxylation is 1. The molecule has 2 nitrogen and oxygen atoms in total. The van der Waals surface area contributed by atoms with Gasteiger partial charge in [0.1, 0.15) is 0 Å². The lowest BCUT2D eigenvalue weighted by atomic mass is 10.2. The van der Waals surface area contributed by atoms with E-state index in [1.54, 1.807) is 0 Å². The highest BCUT2D eigenvalue weighted by molar-refractivity contribution is 5.47. The maximum atomic E-state index is 4.30. The number of anilines is 1. The van der Waals surface area contributed by atoms with Gasteiger partial charge in [-0.3, -0.25) is 4.98 Å². The minimum Gasteiger partial charge on any atom is -0.371 e. The zero-order valence-electron chi connectivity index (χ0n) is 8.16. The van der Waals surface area contributed by atoms with Gasteiger partial charge in [0.25, 0.3) is 0 Å². The van der Waals surface area contributed by atoms with Crippen LogP contribution in [-0.2, 0) is 6.42 Å². The number of nitrogens with zero attached hydrogens (tertiary/aromatic N) is 2. The highest BCUT2D eigenvalue weighted by Crippen LogP contribution is 2.19. The quantitative estimate of drug-likeness (QED) is 0.687. The zero-order chi connectivity index (χ0) is 9.10. The van der Waals surface area contributed by atoms with Gasteiger partial charge in [0.15, 0.2) is 0 Å². The Kier molecular flexibility index (Phi) is 2.48. The summed E-state index contributed by atoms with van der Waals surface area (Å²) >= 11 is 0. The first-order valence-corrected chi connectivity index (χ1v) is 5.10. The van der Waals surface area contributed by atoms with Crippen molar-refractivity contribution in [3.8, 4) is 0 Å². The third-order valence-electron chi connectivity index (χ3n) is 2.63. The van der Waals surface area contributed by atoms with E-state index in [0.29, 0.717) is 0 Å². The average Bonchev–Trinajstić information content (AvgIpc) is 2.71. The molecule has 0 bridgehead atoms. The normalized spacial score (nSPS) is 16.5. The Morgan fingerprint density at radius 3 is 2.85 bits per heavy atom. The Morgan fingerprint density at radius 2 is 2.15 bits per heavy atom. The molecular weight excluding hydrogens is 160 g/mol.